The van der Waals surface area contributed by atoms with Crippen molar-refractivity contribution in [1.29, 1.82) is 0 Å². The number of benzene rings is 3. The molecule has 1 aromatic heterocycles. The van der Waals surface area contributed by atoms with Crippen molar-refractivity contribution >= 4 is 50.6 Å². The number of aromatic nitrogens is 1. The Morgan fingerprint density at radius 1 is 1.06 bits per heavy atom. The lowest BCUT2D eigenvalue weighted by Gasteiger charge is -2.11. The van der Waals surface area contributed by atoms with Gasteiger partial charge in [-0.1, -0.05) is 60.1 Å². The molecule has 0 fully saturated rings. The van der Waals surface area contributed by atoms with E-state index in [-0.39, 0.29) is 6.61 Å². The van der Waals surface area contributed by atoms with Crippen molar-refractivity contribution in [2.24, 2.45) is 5.10 Å². The molecule has 0 unspecified atom stereocenters. The molecule has 6 nitrogen and oxygen atoms in total. The Kier molecular flexibility index (Phi) is 7.55. The number of pyridine rings is 1. The maximum atomic E-state index is 12.1. The number of hydrogen-bond donors (Lipinski definition) is 1. The molecule has 0 saturated heterocycles. The quantitative estimate of drug-likeness (QED) is 0.235. The van der Waals surface area contributed by atoms with Gasteiger partial charge in [0.2, 0.25) is 0 Å². The van der Waals surface area contributed by atoms with E-state index in [0.29, 0.717) is 38.7 Å². The zero-order valence-corrected chi connectivity index (χ0v) is 19.7. The molecule has 166 valence electrons. The normalized spacial score (nSPS) is 11.0. The van der Waals surface area contributed by atoms with Gasteiger partial charge in [0.05, 0.1) is 15.7 Å². The number of hydrazone groups is 1. The molecule has 0 aliphatic rings. The van der Waals surface area contributed by atoms with Gasteiger partial charge in [0.1, 0.15) is 17.9 Å². The van der Waals surface area contributed by atoms with Crippen LogP contribution in [0, 0.1) is 0 Å². The van der Waals surface area contributed by atoms with E-state index in [1.807, 2.05) is 54.6 Å². The zero-order valence-electron chi connectivity index (χ0n) is 17.4. The Morgan fingerprint density at radius 2 is 1.88 bits per heavy atom. The van der Waals surface area contributed by atoms with Crippen LogP contribution < -0.4 is 14.9 Å². The molecule has 4 rings (SSSR count). The minimum atomic E-state index is -0.396. The molecule has 0 atom stereocenters. The summed E-state index contributed by atoms with van der Waals surface area (Å²) in [5, 5.41) is 5.35. The predicted molar refractivity (Wildman–Crippen MR) is 133 cm³/mol. The van der Waals surface area contributed by atoms with Gasteiger partial charge in [-0.25, -0.2) is 5.43 Å². The SMILES string of the molecule is O=C(COc1cccc2cccnc12)N/N=C/c1cc(Cl)c(OCc2ccccc2)c(Br)c1. The number of halogens is 2. The highest BCUT2D eigenvalue weighted by molar-refractivity contribution is 9.10. The van der Waals surface area contributed by atoms with Crippen molar-refractivity contribution in [1.82, 2.24) is 10.4 Å². The molecule has 1 N–H and O–H groups in total. The molecule has 33 heavy (non-hydrogen) atoms. The average molecular weight is 525 g/mol. The van der Waals surface area contributed by atoms with Crippen LogP contribution in [0.2, 0.25) is 5.02 Å². The van der Waals surface area contributed by atoms with Crippen LogP contribution in [-0.2, 0) is 11.4 Å². The monoisotopic (exact) mass is 523 g/mol. The fourth-order valence-corrected chi connectivity index (χ4v) is 4.06. The Balaban J connectivity index is 1.32. The Labute approximate surface area is 204 Å². The van der Waals surface area contributed by atoms with E-state index in [2.05, 4.69) is 31.4 Å². The van der Waals surface area contributed by atoms with E-state index < -0.39 is 5.91 Å². The van der Waals surface area contributed by atoms with E-state index in [0.717, 1.165) is 10.9 Å². The van der Waals surface area contributed by atoms with Crippen LogP contribution in [0.5, 0.6) is 11.5 Å². The summed E-state index contributed by atoms with van der Waals surface area (Å²) >= 11 is 9.86. The fraction of sp³-hybridized carbons (Fsp3) is 0.0800. The first-order chi connectivity index (χ1) is 16.1. The lowest BCUT2D eigenvalue weighted by molar-refractivity contribution is -0.123. The second kappa shape index (κ2) is 10.9. The van der Waals surface area contributed by atoms with Crippen molar-refractivity contribution in [3.05, 3.63) is 99.6 Å². The van der Waals surface area contributed by atoms with Crippen LogP contribution in [0.4, 0.5) is 0 Å². The van der Waals surface area contributed by atoms with E-state index in [4.69, 9.17) is 21.1 Å². The van der Waals surface area contributed by atoms with Crippen LogP contribution in [0.25, 0.3) is 10.9 Å². The molecular formula is C25H19BrClN3O3. The second-order valence-corrected chi connectivity index (χ2v) is 8.26. The van der Waals surface area contributed by atoms with Crippen LogP contribution in [0.15, 0.2) is 88.6 Å². The molecule has 0 spiro atoms. The van der Waals surface area contributed by atoms with Crippen molar-refractivity contribution in [2.75, 3.05) is 6.61 Å². The fourth-order valence-electron chi connectivity index (χ4n) is 3.07. The van der Waals surface area contributed by atoms with Gasteiger partial charge in [0, 0.05) is 11.6 Å². The standard InChI is InChI=1S/C25H19BrClN3O3/c26-20-12-18(13-21(27)25(20)33-15-17-6-2-1-3-7-17)14-29-30-23(31)16-32-22-10-4-8-19-9-5-11-28-24(19)22/h1-14H,15-16H2,(H,30,31)/b29-14+. The summed E-state index contributed by atoms with van der Waals surface area (Å²) in [5.74, 6) is 0.681. The van der Waals surface area contributed by atoms with Gasteiger partial charge in [-0.3, -0.25) is 9.78 Å². The zero-order chi connectivity index (χ0) is 23.0. The predicted octanol–water partition coefficient (Wildman–Crippen LogP) is 5.76. The van der Waals surface area contributed by atoms with Crippen molar-refractivity contribution < 1.29 is 14.3 Å². The molecule has 1 heterocycles. The number of para-hydroxylation sites is 1. The highest BCUT2D eigenvalue weighted by Gasteiger charge is 2.10. The number of carbonyl (C=O) groups is 1. The largest absolute Gasteiger partial charge is 0.486 e. The summed E-state index contributed by atoms with van der Waals surface area (Å²) in [5.41, 5.74) is 4.87. The van der Waals surface area contributed by atoms with Crippen LogP contribution in [-0.4, -0.2) is 23.7 Å². The second-order valence-electron chi connectivity index (χ2n) is 7.00. The third-order valence-electron chi connectivity index (χ3n) is 4.60. The smallest absolute Gasteiger partial charge is 0.277 e. The van der Waals surface area contributed by atoms with Gasteiger partial charge < -0.3 is 9.47 Å². The Morgan fingerprint density at radius 3 is 2.70 bits per heavy atom. The highest BCUT2D eigenvalue weighted by atomic mass is 79.9. The molecule has 0 aliphatic heterocycles. The molecule has 0 radical (unpaired) electrons. The van der Waals surface area contributed by atoms with E-state index in [9.17, 15) is 4.79 Å². The lowest BCUT2D eigenvalue weighted by atomic mass is 10.2. The molecule has 4 aromatic rings. The van der Waals surface area contributed by atoms with Gasteiger partial charge >= 0.3 is 0 Å². The summed E-state index contributed by atoms with van der Waals surface area (Å²) < 4.78 is 12.1. The summed E-state index contributed by atoms with van der Waals surface area (Å²) in [6, 6.07) is 22.7. The summed E-state index contributed by atoms with van der Waals surface area (Å²) in [6.45, 7) is 0.207. The lowest BCUT2D eigenvalue weighted by Crippen LogP contribution is -2.24. The summed E-state index contributed by atoms with van der Waals surface area (Å²) in [4.78, 5) is 16.4. The third-order valence-corrected chi connectivity index (χ3v) is 5.47. The minimum absolute atomic E-state index is 0.191. The molecule has 0 aliphatic carbocycles. The number of ether oxygens (including phenoxy) is 2. The molecule has 1 amide bonds. The van der Waals surface area contributed by atoms with Crippen LogP contribution in [0.3, 0.4) is 0 Å². The molecule has 0 bridgehead atoms. The molecule has 3 aromatic carbocycles. The first kappa shape index (κ1) is 22.8. The van der Waals surface area contributed by atoms with Gasteiger partial charge in [0.25, 0.3) is 5.91 Å². The van der Waals surface area contributed by atoms with Gasteiger partial charge in [-0.05, 0) is 51.3 Å². The molecule has 8 heteroatoms. The Hall–Kier alpha value is -3.42. The van der Waals surface area contributed by atoms with Crippen molar-refractivity contribution in [3.63, 3.8) is 0 Å². The van der Waals surface area contributed by atoms with Crippen molar-refractivity contribution in [3.8, 4) is 11.5 Å². The Bertz CT molecular complexity index is 1270. The van der Waals surface area contributed by atoms with Gasteiger partial charge in [-0.2, -0.15) is 5.10 Å². The topological polar surface area (TPSA) is 72.8 Å². The number of rotatable bonds is 8. The number of carbonyl (C=O) groups excluding carboxylic acids is 1. The number of nitrogens with zero attached hydrogens (tertiary/aromatic N) is 2. The van der Waals surface area contributed by atoms with Gasteiger partial charge in [-0.15, -0.1) is 0 Å². The van der Waals surface area contributed by atoms with Crippen LogP contribution in [0.1, 0.15) is 11.1 Å². The highest BCUT2D eigenvalue weighted by Crippen LogP contribution is 2.34. The maximum Gasteiger partial charge on any atom is 0.277 e. The van der Waals surface area contributed by atoms with Crippen LogP contribution >= 0.6 is 27.5 Å². The third kappa shape index (κ3) is 6.09. The molecule has 0 saturated carbocycles. The number of hydrogen-bond acceptors (Lipinski definition) is 5. The summed E-state index contributed by atoms with van der Waals surface area (Å²) in [6.07, 6.45) is 3.18. The van der Waals surface area contributed by atoms with Gasteiger partial charge in [0.15, 0.2) is 12.4 Å². The minimum Gasteiger partial charge on any atom is -0.486 e. The van der Waals surface area contributed by atoms with E-state index >= 15 is 0 Å². The summed E-state index contributed by atoms with van der Waals surface area (Å²) in [7, 11) is 0. The van der Waals surface area contributed by atoms with Crippen molar-refractivity contribution in [2.45, 2.75) is 6.61 Å². The van der Waals surface area contributed by atoms with E-state index in [1.165, 1.54) is 6.21 Å². The number of amides is 1. The maximum absolute atomic E-state index is 12.1. The number of fused-ring (bicyclic) bond motifs is 1. The average Bonchev–Trinajstić information content (AvgIpc) is 2.83. The first-order valence-corrected chi connectivity index (χ1v) is 11.2. The molecular weight excluding hydrogens is 506 g/mol. The number of nitrogens with one attached hydrogen (secondary N) is 1. The first-order valence-electron chi connectivity index (χ1n) is 10.0. The van der Waals surface area contributed by atoms with E-state index in [1.54, 1.807) is 24.4 Å².